The molecule has 0 saturated carbocycles. The minimum absolute atomic E-state index is 0.0256. The van der Waals surface area contributed by atoms with Crippen LogP contribution in [-0.2, 0) is 0 Å². The zero-order chi connectivity index (χ0) is 12.7. The number of rotatable bonds is 2. The van der Waals surface area contributed by atoms with Crippen LogP contribution in [0, 0.1) is 0 Å². The summed E-state index contributed by atoms with van der Waals surface area (Å²) in [4.78, 5) is 15.8. The van der Waals surface area contributed by atoms with Crippen LogP contribution < -0.4 is 5.32 Å². The summed E-state index contributed by atoms with van der Waals surface area (Å²) in [5.41, 5.74) is 1.77. The van der Waals surface area contributed by atoms with E-state index in [4.69, 9.17) is 16.0 Å². The fourth-order valence-electron chi connectivity index (χ4n) is 2.26. The zero-order valence-corrected chi connectivity index (χ0v) is 10.8. The number of hydrogen-bond donors (Lipinski definition) is 1. The maximum absolute atomic E-state index is 11.4. The van der Waals surface area contributed by atoms with Gasteiger partial charge in [-0.15, -0.1) is 0 Å². The van der Waals surface area contributed by atoms with Gasteiger partial charge >= 0.3 is 0 Å². The highest BCUT2D eigenvalue weighted by Crippen LogP contribution is 2.30. The summed E-state index contributed by atoms with van der Waals surface area (Å²) in [6.07, 6.45) is 2.14. The SMILES string of the molecule is CC(=O)c1cc(Cl)c2oc(C3CCCN3)nc2c1. The van der Waals surface area contributed by atoms with Crippen molar-refractivity contribution in [2.75, 3.05) is 6.54 Å². The van der Waals surface area contributed by atoms with E-state index in [9.17, 15) is 4.79 Å². The molecule has 1 unspecified atom stereocenters. The summed E-state index contributed by atoms with van der Waals surface area (Å²) in [6.45, 7) is 2.49. The first-order valence-electron chi connectivity index (χ1n) is 5.99. The smallest absolute Gasteiger partial charge is 0.212 e. The lowest BCUT2D eigenvalue weighted by atomic mass is 10.1. The number of hydrogen-bond acceptors (Lipinski definition) is 4. The average molecular weight is 265 g/mol. The number of aromatic nitrogens is 1. The number of carbonyl (C=O) groups excluding carboxylic acids is 1. The van der Waals surface area contributed by atoms with Crippen molar-refractivity contribution in [3.63, 3.8) is 0 Å². The predicted molar refractivity (Wildman–Crippen MR) is 69.0 cm³/mol. The number of nitrogens with zero attached hydrogens (tertiary/aromatic N) is 1. The first kappa shape index (κ1) is 11.7. The number of benzene rings is 1. The Morgan fingerprint density at radius 3 is 3.06 bits per heavy atom. The molecule has 1 fully saturated rings. The predicted octanol–water partition coefficient (Wildman–Crippen LogP) is 3.11. The molecule has 1 N–H and O–H groups in total. The van der Waals surface area contributed by atoms with Crippen LogP contribution in [0.3, 0.4) is 0 Å². The molecule has 0 radical (unpaired) electrons. The molecular formula is C13H13ClN2O2. The minimum Gasteiger partial charge on any atom is -0.437 e. The van der Waals surface area contributed by atoms with Crippen LogP contribution in [0.2, 0.25) is 5.02 Å². The first-order valence-corrected chi connectivity index (χ1v) is 6.37. The van der Waals surface area contributed by atoms with Gasteiger partial charge < -0.3 is 9.73 Å². The van der Waals surface area contributed by atoms with Gasteiger partial charge in [0.25, 0.3) is 0 Å². The van der Waals surface area contributed by atoms with Crippen molar-refractivity contribution in [1.29, 1.82) is 0 Å². The fourth-order valence-corrected chi connectivity index (χ4v) is 2.51. The Kier molecular flexibility index (Phi) is 2.84. The lowest BCUT2D eigenvalue weighted by Gasteiger charge is -2.02. The highest BCUT2D eigenvalue weighted by molar-refractivity contribution is 6.35. The van der Waals surface area contributed by atoms with Crippen LogP contribution in [-0.4, -0.2) is 17.3 Å². The molecule has 4 nitrogen and oxygen atoms in total. The number of nitrogens with one attached hydrogen (secondary N) is 1. The molecule has 94 valence electrons. The van der Waals surface area contributed by atoms with Crippen LogP contribution in [0.4, 0.5) is 0 Å². The summed E-state index contributed by atoms with van der Waals surface area (Å²) >= 11 is 6.12. The Hall–Kier alpha value is -1.39. The molecule has 0 aliphatic carbocycles. The van der Waals surface area contributed by atoms with E-state index in [1.54, 1.807) is 12.1 Å². The average Bonchev–Trinajstić information content (AvgIpc) is 2.96. The third-order valence-corrected chi connectivity index (χ3v) is 3.51. The van der Waals surface area contributed by atoms with Gasteiger partial charge in [-0.2, -0.15) is 0 Å². The molecule has 3 rings (SSSR count). The summed E-state index contributed by atoms with van der Waals surface area (Å²) in [6, 6.07) is 3.52. The molecular weight excluding hydrogens is 252 g/mol. The Morgan fingerprint density at radius 1 is 1.56 bits per heavy atom. The van der Waals surface area contributed by atoms with Gasteiger partial charge in [0.1, 0.15) is 5.52 Å². The van der Waals surface area contributed by atoms with Gasteiger partial charge in [0.05, 0.1) is 11.1 Å². The molecule has 5 heteroatoms. The molecule has 0 spiro atoms. The van der Waals surface area contributed by atoms with Gasteiger partial charge in [-0.25, -0.2) is 4.98 Å². The zero-order valence-electron chi connectivity index (χ0n) is 10.00. The topological polar surface area (TPSA) is 55.1 Å². The maximum atomic E-state index is 11.4. The maximum Gasteiger partial charge on any atom is 0.212 e. The monoisotopic (exact) mass is 264 g/mol. The number of fused-ring (bicyclic) bond motifs is 1. The van der Waals surface area contributed by atoms with Crippen LogP contribution >= 0.6 is 11.6 Å². The molecule has 2 heterocycles. The highest BCUT2D eigenvalue weighted by Gasteiger charge is 2.22. The van der Waals surface area contributed by atoms with E-state index in [-0.39, 0.29) is 11.8 Å². The van der Waals surface area contributed by atoms with E-state index in [0.717, 1.165) is 19.4 Å². The summed E-state index contributed by atoms with van der Waals surface area (Å²) in [7, 11) is 0. The Morgan fingerprint density at radius 2 is 2.39 bits per heavy atom. The lowest BCUT2D eigenvalue weighted by molar-refractivity contribution is 0.101. The molecule has 0 bridgehead atoms. The van der Waals surface area contributed by atoms with Crippen molar-refractivity contribution >= 4 is 28.5 Å². The normalized spacial score (nSPS) is 19.6. The molecule has 0 amide bonds. The van der Waals surface area contributed by atoms with E-state index in [1.165, 1.54) is 6.92 Å². The number of halogens is 1. The van der Waals surface area contributed by atoms with Gasteiger partial charge in [0.15, 0.2) is 11.4 Å². The van der Waals surface area contributed by atoms with Crippen LogP contribution in [0.1, 0.15) is 42.1 Å². The van der Waals surface area contributed by atoms with Gasteiger partial charge in [0.2, 0.25) is 5.89 Å². The van der Waals surface area contributed by atoms with Gasteiger partial charge in [-0.3, -0.25) is 4.79 Å². The van der Waals surface area contributed by atoms with E-state index in [2.05, 4.69) is 10.3 Å². The minimum atomic E-state index is -0.0256. The quantitative estimate of drug-likeness (QED) is 0.847. The van der Waals surface area contributed by atoms with Gasteiger partial charge in [-0.05, 0) is 38.4 Å². The third-order valence-electron chi connectivity index (χ3n) is 3.23. The highest BCUT2D eigenvalue weighted by atomic mass is 35.5. The van der Waals surface area contributed by atoms with Crippen molar-refractivity contribution in [1.82, 2.24) is 10.3 Å². The van der Waals surface area contributed by atoms with Crippen LogP contribution in [0.5, 0.6) is 0 Å². The summed E-state index contributed by atoms with van der Waals surface area (Å²) in [5.74, 6) is 0.632. The Balaban J connectivity index is 2.10. The molecule has 1 aromatic carbocycles. The molecule has 2 aromatic rings. The molecule has 1 saturated heterocycles. The van der Waals surface area contributed by atoms with E-state index >= 15 is 0 Å². The first-order chi connectivity index (χ1) is 8.65. The van der Waals surface area contributed by atoms with E-state index in [1.807, 2.05) is 0 Å². The van der Waals surface area contributed by atoms with Gasteiger partial charge in [0, 0.05) is 5.56 Å². The van der Waals surface area contributed by atoms with Crippen LogP contribution in [0.25, 0.3) is 11.1 Å². The Bertz CT molecular complexity index is 615. The number of oxazole rings is 1. The summed E-state index contributed by atoms with van der Waals surface area (Å²) in [5, 5.41) is 3.76. The van der Waals surface area contributed by atoms with Gasteiger partial charge in [-0.1, -0.05) is 11.6 Å². The number of carbonyl (C=O) groups is 1. The van der Waals surface area contributed by atoms with Crippen LogP contribution in [0.15, 0.2) is 16.5 Å². The lowest BCUT2D eigenvalue weighted by Crippen LogP contribution is -2.12. The van der Waals surface area contributed by atoms with Crippen molar-refractivity contribution in [3.8, 4) is 0 Å². The third kappa shape index (κ3) is 1.91. The summed E-state index contributed by atoms with van der Waals surface area (Å²) < 4.78 is 5.70. The van der Waals surface area contributed by atoms with Crippen molar-refractivity contribution in [3.05, 3.63) is 28.6 Å². The van der Waals surface area contributed by atoms with E-state index < -0.39 is 0 Å². The molecule has 18 heavy (non-hydrogen) atoms. The number of ketones is 1. The largest absolute Gasteiger partial charge is 0.437 e. The van der Waals surface area contributed by atoms with E-state index in [0.29, 0.717) is 27.6 Å². The molecule has 1 atom stereocenters. The van der Waals surface area contributed by atoms with Crippen molar-refractivity contribution < 1.29 is 9.21 Å². The van der Waals surface area contributed by atoms with Crippen molar-refractivity contribution in [2.45, 2.75) is 25.8 Å². The second-order valence-corrected chi connectivity index (χ2v) is 4.97. The standard InChI is InChI=1S/C13H13ClN2O2/c1-7(17)8-5-9(14)12-11(6-8)16-13(18-12)10-3-2-4-15-10/h5-6,10,15H,2-4H2,1H3. The fraction of sp³-hybridized carbons (Fsp3) is 0.385. The Labute approximate surface area is 109 Å². The van der Waals surface area contributed by atoms with Crippen molar-refractivity contribution in [2.24, 2.45) is 0 Å². The molecule has 1 aliphatic rings. The molecule has 1 aromatic heterocycles. The number of Topliss-reactive ketones (excluding diaryl/α,β-unsaturated/α-hetero) is 1. The molecule has 1 aliphatic heterocycles. The second-order valence-electron chi connectivity index (χ2n) is 4.56. The second kappa shape index (κ2) is 4.37.